The van der Waals surface area contributed by atoms with Gasteiger partial charge < -0.3 is 61.0 Å². The highest BCUT2D eigenvalue weighted by Gasteiger charge is 2.50. The Balaban J connectivity index is 0.876. The predicted molar refractivity (Wildman–Crippen MR) is 297 cm³/mol. The van der Waals surface area contributed by atoms with Crippen LogP contribution in [0.15, 0.2) is 84.9 Å². The summed E-state index contributed by atoms with van der Waals surface area (Å²) in [5.41, 5.74) is -1.76. The lowest BCUT2D eigenvalue weighted by Gasteiger charge is -2.42. The number of nitrogens with one attached hydrogen (secondary N) is 4. The molecular formula is C61H69N5O17. The molecule has 2 heterocycles. The van der Waals surface area contributed by atoms with Crippen molar-refractivity contribution in [3.8, 4) is 11.5 Å². The topological polar surface area (TPSA) is 334 Å². The van der Waals surface area contributed by atoms with Crippen molar-refractivity contribution in [2.75, 3.05) is 18.5 Å². The van der Waals surface area contributed by atoms with Crippen molar-refractivity contribution in [3.63, 3.8) is 0 Å². The molecule has 9 N–H and O–H groups in total. The number of rotatable bonds is 24. The summed E-state index contributed by atoms with van der Waals surface area (Å²) in [7, 11) is 0. The molecule has 83 heavy (non-hydrogen) atoms. The number of aliphatic hydroxyl groups is 3. The zero-order valence-corrected chi connectivity index (χ0v) is 46.3. The number of benzene rings is 4. The summed E-state index contributed by atoms with van der Waals surface area (Å²) in [6.07, 6.45) is -0.838. The van der Waals surface area contributed by atoms with Crippen molar-refractivity contribution < 1.29 is 82.9 Å². The van der Waals surface area contributed by atoms with Gasteiger partial charge in [-0.3, -0.25) is 43.3 Å². The summed E-state index contributed by atoms with van der Waals surface area (Å²) in [5, 5.41) is 67.4. The minimum Gasteiger partial charge on any atom is -0.507 e. The second kappa shape index (κ2) is 26.8. The highest BCUT2D eigenvalue weighted by Crippen LogP contribution is 2.52. The third-order valence-corrected chi connectivity index (χ3v) is 15.5. The number of imide groups is 1. The molecule has 0 bridgehead atoms. The number of aryl methyl sites for hydroxylation is 1. The summed E-state index contributed by atoms with van der Waals surface area (Å²) in [5.74, 6) is -6.21. The molecule has 22 nitrogen and oxygen atoms in total. The molecule has 2 aliphatic carbocycles. The number of ketones is 3. The zero-order valence-electron chi connectivity index (χ0n) is 46.3. The number of aromatic hydroxyl groups is 2. The number of ether oxygens (including phenoxy) is 3. The lowest BCUT2D eigenvalue weighted by molar-refractivity contribution is -0.249. The second-order valence-corrected chi connectivity index (χ2v) is 21.5. The number of hydrogen-bond acceptors (Lipinski definition) is 17. The Kier molecular flexibility index (Phi) is 19.7. The first-order valence-corrected chi connectivity index (χ1v) is 27.9. The van der Waals surface area contributed by atoms with Gasteiger partial charge in [-0.15, -0.1) is 0 Å². The fourth-order valence-corrected chi connectivity index (χ4v) is 11.0. The molecule has 0 spiro atoms. The number of alkyl carbamates (subject to hydrolysis) is 1. The molecule has 8 rings (SSSR count). The van der Waals surface area contributed by atoms with Crippen molar-refractivity contribution in [2.24, 2.45) is 0 Å². The first-order chi connectivity index (χ1) is 39.7. The van der Waals surface area contributed by atoms with E-state index < -0.39 is 126 Å². The van der Waals surface area contributed by atoms with E-state index in [0.717, 1.165) is 23.3 Å². The van der Waals surface area contributed by atoms with Crippen LogP contribution in [0.2, 0.25) is 0 Å². The average molecular weight is 1140 g/mol. The normalized spacial score (nSPS) is 21.5. The molecule has 0 aromatic heterocycles. The number of carbonyl (C=O) groups excluding carboxylic acids is 9. The highest BCUT2D eigenvalue weighted by molar-refractivity contribution is 6.31. The van der Waals surface area contributed by atoms with Crippen molar-refractivity contribution >= 4 is 58.7 Å². The van der Waals surface area contributed by atoms with E-state index in [1.807, 2.05) is 37.3 Å². The highest BCUT2D eigenvalue weighted by atomic mass is 16.7. The van der Waals surface area contributed by atoms with Crippen LogP contribution < -0.4 is 21.3 Å². The van der Waals surface area contributed by atoms with Crippen molar-refractivity contribution in [1.29, 1.82) is 0 Å². The third kappa shape index (κ3) is 14.0. The van der Waals surface area contributed by atoms with Gasteiger partial charge in [0.1, 0.15) is 48.5 Å². The maximum Gasteiger partial charge on any atom is 0.407 e. The molecular weight excluding hydrogens is 1070 g/mol. The fourth-order valence-electron chi connectivity index (χ4n) is 11.0. The van der Waals surface area contributed by atoms with Crippen LogP contribution in [0.25, 0.3) is 0 Å². The van der Waals surface area contributed by atoms with Gasteiger partial charge in [-0.2, -0.15) is 0 Å². The summed E-state index contributed by atoms with van der Waals surface area (Å²) in [6, 6.07) is 17.0. The maximum atomic E-state index is 14.0. The Labute approximate surface area is 478 Å². The van der Waals surface area contributed by atoms with Crippen LogP contribution in [0.3, 0.4) is 0 Å². The van der Waals surface area contributed by atoms with Gasteiger partial charge in [-0.25, -0.2) is 4.79 Å². The molecule has 1 saturated heterocycles. The van der Waals surface area contributed by atoms with Crippen LogP contribution in [-0.2, 0) is 62.4 Å². The van der Waals surface area contributed by atoms with E-state index in [1.165, 1.54) is 25.1 Å². The van der Waals surface area contributed by atoms with Crippen LogP contribution in [0.4, 0.5) is 10.5 Å². The molecule has 4 aliphatic rings. The van der Waals surface area contributed by atoms with E-state index in [4.69, 9.17) is 14.2 Å². The number of phenols is 2. The van der Waals surface area contributed by atoms with Crippen LogP contribution in [0.5, 0.6) is 11.5 Å². The average Bonchev–Trinajstić information content (AvgIpc) is 1.48. The Morgan fingerprint density at radius 2 is 1.51 bits per heavy atom. The first kappa shape index (κ1) is 60.9. The lowest BCUT2D eigenvalue weighted by atomic mass is 9.71. The van der Waals surface area contributed by atoms with E-state index in [2.05, 4.69) is 21.3 Å². The molecule has 4 aromatic rings. The number of fused-ring (bicyclic) bond motifs is 3. The third-order valence-electron chi connectivity index (χ3n) is 15.5. The van der Waals surface area contributed by atoms with Crippen LogP contribution in [0.1, 0.15) is 144 Å². The smallest absolute Gasteiger partial charge is 0.407 e. The molecule has 4 aromatic carbocycles. The minimum absolute atomic E-state index is 0.0143. The Hall–Kier alpha value is -8.15. The van der Waals surface area contributed by atoms with E-state index in [0.29, 0.717) is 48.9 Å². The lowest BCUT2D eigenvalue weighted by Crippen LogP contribution is -2.56. The number of amides is 6. The van der Waals surface area contributed by atoms with Crippen molar-refractivity contribution in [2.45, 2.75) is 153 Å². The van der Waals surface area contributed by atoms with Gasteiger partial charge in [0.05, 0.1) is 29.4 Å². The fraction of sp³-hybridized carbons (Fsp3) is 0.426. The van der Waals surface area contributed by atoms with Gasteiger partial charge >= 0.3 is 6.09 Å². The number of hydrogen-bond donors (Lipinski definition) is 9. The van der Waals surface area contributed by atoms with Crippen LogP contribution in [-0.4, -0.2) is 139 Å². The van der Waals surface area contributed by atoms with Crippen molar-refractivity contribution in [1.82, 2.24) is 20.9 Å². The maximum absolute atomic E-state index is 14.0. The van der Waals surface area contributed by atoms with Crippen LogP contribution >= 0.6 is 0 Å². The van der Waals surface area contributed by atoms with Crippen LogP contribution in [0, 0.1) is 6.92 Å². The number of unbranched alkanes of at least 4 members (excludes halogenated alkanes) is 4. The van der Waals surface area contributed by atoms with Gasteiger partial charge in [0.2, 0.25) is 17.7 Å². The van der Waals surface area contributed by atoms with Gasteiger partial charge in [0, 0.05) is 78.7 Å². The number of nitrogens with zero attached hydrogens (tertiary/aromatic N) is 1. The molecule has 1 unspecified atom stereocenters. The summed E-state index contributed by atoms with van der Waals surface area (Å²) in [6.45, 7) is 3.99. The molecule has 6 amide bonds. The SMILES string of the molecule is CCCCC[C@H](NC(=O)[C@H](Cc1ccccc1)NC(=O)CCCCCN1C(=O)C=CC1=O)C(=O)Nc1ccc(COC(=O)N[C@H]2CC(O[C@H]3C[C@](O)(C(=O)CO)Cc4c(O)c5c(c(O)c43)C(=O)c3c(C)cccc3C5=O)O[C@@H](C)[C@H]2O)cc1. The van der Waals surface area contributed by atoms with E-state index in [1.54, 1.807) is 43.3 Å². The Morgan fingerprint density at radius 1 is 0.795 bits per heavy atom. The monoisotopic (exact) mass is 1140 g/mol. The zero-order chi connectivity index (χ0) is 59.7. The number of phenolic OH excluding ortho intramolecular Hbond substituents is 2. The summed E-state index contributed by atoms with van der Waals surface area (Å²) in [4.78, 5) is 120. The number of anilines is 1. The summed E-state index contributed by atoms with van der Waals surface area (Å²) >= 11 is 0. The van der Waals surface area contributed by atoms with E-state index in [-0.39, 0.29) is 72.4 Å². The largest absolute Gasteiger partial charge is 0.507 e. The Morgan fingerprint density at radius 3 is 2.20 bits per heavy atom. The number of aliphatic hydroxyl groups excluding tert-OH is 2. The minimum atomic E-state index is -2.39. The number of carbonyl (C=O) groups is 9. The van der Waals surface area contributed by atoms with Crippen molar-refractivity contribution in [3.05, 3.63) is 135 Å². The molecule has 0 saturated carbocycles. The Bertz CT molecular complexity index is 3170. The first-order valence-electron chi connectivity index (χ1n) is 27.9. The standard InChI is InChI=1S/C61H69N5O17/c1-4-5-8-18-40(64-59(78)42(27-35-15-9-6-10-16-35)63-45(69)19-11-7-12-26-66-46(70)24-25-47(66)71)58(77)62-37-22-20-36(21-23-37)32-81-60(79)65-41-28-48(82-34(3)53(41)72)83-43-30-61(80,44(68)31-67)29-39-50(43)57(76)52-51(55(39)74)54(73)38-17-13-14-33(2)49(38)56(52)75/h6,9-10,13-17,20-25,34,40-43,48,53,67,72,74,76,80H,4-5,7-8,11-12,18-19,26-32H2,1-3H3,(H,62,77)(H,63,69)(H,64,78)(H,65,79)/t34-,40-,41-,42-,43-,48?,53+,61-/m0/s1. The van der Waals surface area contributed by atoms with Gasteiger partial charge in [0.15, 0.2) is 23.6 Å². The predicted octanol–water partition coefficient (Wildman–Crippen LogP) is 4.49. The molecule has 2 aliphatic heterocycles. The van der Waals surface area contributed by atoms with E-state index >= 15 is 0 Å². The van der Waals surface area contributed by atoms with Gasteiger partial charge in [0.25, 0.3) is 11.8 Å². The molecule has 440 valence electrons. The van der Waals surface area contributed by atoms with E-state index in [9.17, 15) is 68.7 Å². The second-order valence-electron chi connectivity index (χ2n) is 21.5. The summed E-state index contributed by atoms with van der Waals surface area (Å²) < 4.78 is 17.8. The quantitative estimate of drug-likeness (QED) is 0.0234. The molecule has 22 heteroatoms. The number of Topliss-reactive ketones (excluding diaryl/α,β-unsaturated/α-hetero) is 1. The molecule has 1 fully saturated rings. The van der Waals surface area contributed by atoms with Gasteiger partial charge in [-0.1, -0.05) is 93.3 Å². The van der Waals surface area contributed by atoms with Gasteiger partial charge in [-0.05, 0) is 61.9 Å². The molecule has 0 radical (unpaired) electrons. The molecule has 8 atom stereocenters.